The fourth-order valence-electron chi connectivity index (χ4n) is 3.72. The van der Waals surface area contributed by atoms with Crippen LogP contribution in [0, 0.1) is 0 Å². The molecule has 8 heteroatoms. The van der Waals surface area contributed by atoms with Gasteiger partial charge < -0.3 is 14.6 Å². The summed E-state index contributed by atoms with van der Waals surface area (Å²) in [7, 11) is 0. The Morgan fingerprint density at radius 2 is 1.94 bits per heavy atom. The van der Waals surface area contributed by atoms with Gasteiger partial charge in [0.25, 0.3) is 0 Å². The Morgan fingerprint density at radius 1 is 1.18 bits per heavy atom. The van der Waals surface area contributed by atoms with E-state index in [-0.39, 0.29) is 6.42 Å². The third kappa shape index (κ3) is 7.33. The van der Waals surface area contributed by atoms with Crippen molar-refractivity contribution in [1.82, 2.24) is 4.90 Å². The van der Waals surface area contributed by atoms with Crippen molar-refractivity contribution < 1.29 is 32.5 Å². The number of benzene rings is 2. The molecule has 5 nitrogen and oxygen atoms in total. The van der Waals surface area contributed by atoms with Gasteiger partial charge in [0.15, 0.2) is 6.10 Å². The third-order valence-electron chi connectivity index (χ3n) is 5.52. The van der Waals surface area contributed by atoms with E-state index in [0.29, 0.717) is 44.0 Å². The molecule has 1 heterocycles. The second-order valence-corrected chi connectivity index (χ2v) is 7.84. The summed E-state index contributed by atoms with van der Waals surface area (Å²) in [6.45, 7) is 4.67. The second-order valence-electron chi connectivity index (χ2n) is 7.84. The van der Waals surface area contributed by atoms with Crippen LogP contribution in [0.5, 0.6) is 5.75 Å². The lowest BCUT2D eigenvalue weighted by molar-refractivity contribution is -0.150. The van der Waals surface area contributed by atoms with Crippen molar-refractivity contribution in [3.63, 3.8) is 0 Å². The minimum Gasteiger partial charge on any atom is -0.492 e. The predicted octanol–water partition coefficient (Wildman–Crippen LogP) is 4.91. The third-order valence-corrected chi connectivity index (χ3v) is 5.52. The zero-order chi connectivity index (χ0) is 23.8. The largest absolute Gasteiger partial charge is 0.492 e. The van der Waals surface area contributed by atoms with Crippen molar-refractivity contribution in [2.45, 2.75) is 32.0 Å². The normalized spacial score (nSPS) is 15.7. The number of carboxylic acids is 1. The Bertz CT molecular complexity index is 957. The van der Waals surface area contributed by atoms with E-state index in [1.54, 1.807) is 13.0 Å². The van der Waals surface area contributed by atoms with Gasteiger partial charge in [-0.1, -0.05) is 30.3 Å². The smallest absolute Gasteiger partial charge is 0.416 e. The van der Waals surface area contributed by atoms with Gasteiger partial charge in [-0.2, -0.15) is 13.2 Å². The molecule has 0 saturated heterocycles. The molecule has 1 aliphatic heterocycles. The summed E-state index contributed by atoms with van der Waals surface area (Å²) in [6.07, 6.45) is -2.26. The van der Waals surface area contributed by atoms with Crippen molar-refractivity contribution in [2.24, 2.45) is 0 Å². The lowest BCUT2D eigenvalue weighted by Crippen LogP contribution is -2.32. The van der Waals surface area contributed by atoms with Crippen LogP contribution in [0.2, 0.25) is 0 Å². The van der Waals surface area contributed by atoms with Crippen LogP contribution in [0.15, 0.2) is 54.6 Å². The standard InChI is InChI=1S/C25H28F3NO4/c1-2-32-23(24(30)31)16-18-6-8-22(9-7-18)33-15-14-29-12-10-19(11-13-29)20-4-3-5-21(17-20)25(26,27)28/h3-10,17,23H,2,11-16H2,1H3,(H,30,31). The quantitative estimate of drug-likeness (QED) is 0.543. The number of hydrogen-bond donors (Lipinski definition) is 1. The van der Waals surface area contributed by atoms with Gasteiger partial charge in [-0.15, -0.1) is 0 Å². The molecular weight excluding hydrogens is 435 g/mol. The average Bonchev–Trinajstić information content (AvgIpc) is 2.80. The summed E-state index contributed by atoms with van der Waals surface area (Å²) in [6, 6.07) is 12.7. The van der Waals surface area contributed by atoms with E-state index in [1.165, 1.54) is 12.1 Å². The molecule has 1 atom stereocenters. The maximum atomic E-state index is 12.9. The molecule has 0 radical (unpaired) electrons. The summed E-state index contributed by atoms with van der Waals surface area (Å²) in [5.74, 6) is -0.289. The van der Waals surface area contributed by atoms with Crippen LogP contribution in [0.1, 0.15) is 30.0 Å². The fourth-order valence-corrected chi connectivity index (χ4v) is 3.72. The number of carboxylic acid groups (broad SMARTS) is 1. The lowest BCUT2D eigenvalue weighted by Gasteiger charge is -2.26. The van der Waals surface area contributed by atoms with Crippen LogP contribution in [-0.2, 0) is 22.1 Å². The Morgan fingerprint density at radius 3 is 2.55 bits per heavy atom. The molecule has 2 aromatic carbocycles. The van der Waals surface area contributed by atoms with Gasteiger partial charge in [0.2, 0.25) is 0 Å². The van der Waals surface area contributed by atoms with Gasteiger partial charge in [-0.3, -0.25) is 4.90 Å². The molecule has 178 valence electrons. The molecule has 0 fully saturated rings. The highest BCUT2D eigenvalue weighted by Crippen LogP contribution is 2.32. The highest BCUT2D eigenvalue weighted by atomic mass is 19.4. The van der Waals surface area contributed by atoms with Crippen LogP contribution in [0.3, 0.4) is 0 Å². The van der Waals surface area contributed by atoms with Crippen molar-refractivity contribution in [3.05, 3.63) is 71.3 Å². The number of rotatable bonds is 10. The number of nitrogens with zero attached hydrogens (tertiary/aromatic N) is 1. The molecule has 1 N–H and O–H groups in total. The van der Waals surface area contributed by atoms with Crippen molar-refractivity contribution in [3.8, 4) is 5.75 Å². The van der Waals surface area contributed by atoms with Gasteiger partial charge in [0.05, 0.1) is 5.56 Å². The van der Waals surface area contributed by atoms with E-state index in [2.05, 4.69) is 4.90 Å². The van der Waals surface area contributed by atoms with E-state index in [9.17, 15) is 23.1 Å². The average molecular weight is 463 g/mol. The molecule has 3 rings (SSSR count). The number of carbonyl (C=O) groups is 1. The molecule has 0 aliphatic carbocycles. The minimum atomic E-state index is -4.34. The molecule has 33 heavy (non-hydrogen) atoms. The predicted molar refractivity (Wildman–Crippen MR) is 119 cm³/mol. The van der Waals surface area contributed by atoms with Crippen molar-refractivity contribution >= 4 is 11.5 Å². The van der Waals surface area contributed by atoms with E-state index in [0.717, 1.165) is 23.7 Å². The highest BCUT2D eigenvalue weighted by molar-refractivity contribution is 5.72. The number of halogens is 3. The highest BCUT2D eigenvalue weighted by Gasteiger charge is 2.30. The first-order valence-corrected chi connectivity index (χ1v) is 10.9. The van der Waals surface area contributed by atoms with E-state index >= 15 is 0 Å². The minimum absolute atomic E-state index is 0.289. The Hall–Kier alpha value is -2.84. The monoisotopic (exact) mass is 463 g/mol. The number of ether oxygens (including phenoxy) is 2. The molecule has 0 saturated carbocycles. The summed E-state index contributed by atoms with van der Waals surface area (Å²) in [5.41, 5.74) is 1.78. The number of alkyl halides is 3. The van der Waals surface area contributed by atoms with Gasteiger partial charge in [-0.25, -0.2) is 4.79 Å². The summed E-state index contributed by atoms with van der Waals surface area (Å²) >= 11 is 0. The Kier molecular flexibility index (Phi) is 8.52. The Balaban J connectivity index is 1.46. The topological polar surface area (TPSA) is 59.0 Å². The number of aliphatic carboxylic acids is 1. The van der Waals surface area contributed by atoms with Gasteiger partial charge in [-0.05, 0) is 54.3 Å². The van der Waals surface area contributed by atoms with E-state index < -0.39 is 23.8 Å². The maximum absolute atomic E-state index is 12.9. The summed E-state index contributed by atoms with van der Waals surface area (Å²) < 4.78 is 49.9. The van der Waals surface area contributed by atoms with E-state index in [4.69, 9.17) is 9.47 Å². The van der Waals surface area contributed by atoms with Crippen LogP contribution in [-0.4, -0.2) is 54.9 Å². The molecule has 0 aromatic heterocycles. The second kappa shape index (κ2) is 11.3. The fraction of sp³-hybridized carbons (Fsp3) is 0.400. The molecule has 0 amide bonds. The summed E-state index contributed by atoms with van der Waals surface area (Å²) in [4.78, 5) is 13.4. The van der Waals surface area contributed by atoms with Crippen LogP contribution < -0.4 is 4.74 Å². The van der Waals surface area contributed by atoms with Crippen molar-refractivity contribution in [2.75, 3.05) is 32.8 Å². The first kappa shape index (κ1) is 24.8. The zero-order valence-corrected chi connectivity index (χ0v) is 18.5. The SMILES string of the molecule is CCOC(Cc1ccc(OCCN2CC=C(c3cccc(C(F)(F)F)c3)CC2)cc1)C(=O)O. The van der Waals surface area contributed by atoms with Crippen LogP contribution in [0.4, 0.5) is 13.2 Å². The molecule has 1 aliphatic rings. The maximum Gasteiger partial charge on any atom is 0.416 e. The molecule has 2 aromatic rings. The number of hydrogen-bond acceptors (Lipinski definition) is 4. The van der Waals surface area contributed by atoms with Crippen molar-refractivity contribution in [1.29, 1.82) is 0 Å². The zero-order valence-electron chi connectivity index (χ0n) is 18.5. The van der Waals surface area contributed by atoms with Crippen LogP contribution >= 0.6 is 0 Å². The molecule has 0 spiro atoms. The first-order chi connectivity index (χ1) is 15.8. The van der Waals surface area contributed by atoms with Crippen LogP contribution in [0.25, 0.3) is 5.57 Å². The van der Waals surface area contributed by atoms with E-state index in [1.807, 2.05) is 30.3 Å². The van der Waals surface area contributed by atoms with Gasteiger partial charge >= 0.3 is 12.1 Å². The van der Waals surface area contributed by atoms with Gasteiger partial charge in [0.1, 0.15) is 12.4 Å². The molecule has 1 unspecified atom stereocenters. The first-order valence-electron chi connectivity index (χ1n) is 10.9. The Labute approximate surface area is 191 Å². The molecule has 0 bridgehead atoms. The lowest BCUT2D eigenvalue weighted by atomic mass is 9.97. The molecular formula is C25H28F3NO4. The van der Waals surface area contributed by atoms with Gasteiger partial charge in [0, 0.05) is 32.7 Å². The summed E-state index contributed by atoms with van der Waals surface area (Å²) in [5, 5.41) is 9.18.